The highest BCUT2D eigenvalue weighted by atomic mass is 79.9. The molecular formula is C11H12BrN5O3. The molecule has 2 rings (SSSR count). The summed E-state index contributed by atoms with van der Waals surface area (Å²) in [6.07, 6.45) is 1.94. The Kier molecular flexibility index (Phi) is 4.30. The predicted octanol–water partition coefficient (Wildman–Crippen LogP) is -0.335. The number of piperidine rings is 1. The van der Waals surface area contributed by atoms with Crippen LogP contribution in [0.4, 0.5) is 5.82 Å². The zero-order valence-electron chi connectivity index (χ0n) is 10.3. The fourth-order valence-electron chi connectivity index (χ4n) is 1.79. The number of nitrogens with two attached hydrogens (primary N) is 1. The van der Waals surface area contributed by atoms with Crippen LogP contribution in [0.3, 0.4) is 0 Å². The van der Waals surface area contributed by atoms with Crippen molar-refractivity contribution in [1.82, 2.24) is 15.6 Å². The maximum atomic E-state index is 12.1. The lowest BCUT2D eigenvalue weighted by molar-refractivity contribution is -0.134. The number of nitrogens with one attached hydrogen (secondary N) is 3. The summed E-state index contributed by atoms with van der Waals surface area (Å²) in [5.74, 6) is 4.13. The van der Waals surface area contributed by atoms with Gasteiger partial charge in [0.1, 0.15) is 6.04 Å². The first kappa shape index (κ1) is 14.4. The van der Waals surface area contributed by atoms with E-state index >= 15 is 0 Å². The molecule has 9 heteroatoms. The van der Waals surface area contributed by atoms with Crippen molar-refractivity contribution in [3.63, 3.8) is 0 Å². The number of carbonyl (C=O) groups is 3. The quantitative estimate of drug-likeness (QED) is 0.338. The Hall–Kier alpha value is -2.00. The number of rotatable bonds is 3. The maximum Gasteiger partial charge on any atom is 0.255 e. The second kappa shape index (κ2) is 5.97. The molecule has 1 aliphatic heterocycles. The Balaban J connectivity index is 2.14. The summed E-state index contributed by atoms with van der Waals surface area (Å²) in [5, 5.41) is 4.72. The molecule has 1 saturated heterocycles. The van der Waals surface area contributed by atoms with Crippen LogP contribution in [0.5, 0.6) is 0 Å². The number of hydrogen-bond donors (Lipinski definition) is 4. The molecule has 20 heavy (non-hydrogen) atoms. The number of hydrazine groups is 1. The van der Waals surface area contributed by atoms with Gasteiger partial charge in [-0.25, -0.2) is 10.8 Å². The molecule has 1 aromatic rings. The number of nitrogen functional groups attached to an aromatic ring is 1. The number of anilines is 1. The fraction of sp³-hybridized carbons (Fsp3) is 0.273. The standard InChI is InChI=1S/C11H12BrN5O3/c12-5-3-6(9(17-13)14-4-5)10(19)15-7-1-2-8(18)16-11(7)20/h3-4,7H,1-2,13H2,(H,14,17)(H,15,19)(H,16,18,20). The van der Waals surface area contributed by atoms with Crippen LogP contribution in [0.1, 0.15) is 23.2 Å². The molecule has 106 valence electrons. The molecule has 1 fully saturated rings. The summed E-state index contributed by atoms with van der Waals surface area (Å²) >= 11 is 3.20. The van der Waals surface area contributed by atoms with Gasteiger partial charge in [0.15, 0.2) is 5.82 Å². The van der Waals surface area contributed by atoms with Gasteiger partial charge >= 0.3 is 0 Å². The number of aromatic nitrogens is 1. The molecule has 0 aromatic carbocycles. The highest BCUT2D eigenvalue weighted by Gasteiger charge is 2.28. The number of nitrogens with zero attached hydrogens (tertiary/aromatic N) is 1. The molecule has 0 radical (unpaired) electrons. The Labute approximate surface area is 122 Å². The van der Waals surface area contributed by atoms with Crippen molar-refractivity contribution >= 4 is 39.5 Å². The lowest BCUT2D eigenvalue weighted by atomic mass is 10.1. The van der Waals surface area contributed by atoms with Crippen molar-refractivity contribution < 1.29 is 14.4 Å². The number of hydrogen-bond acceptors (Lipinski definition) is 6. The minimum atomic E-state index is -0.746. The Bertz CT molecular complexity index is 577. The van der Waals surface area contributed by atoms with Crippen molar-refractivity contribution in [2.45, 2.75) is 18.9 Å². The minimum Gasteiger partial charge on any atom is -0.340 e. The van der Waals surface area contributed by atoms with Gasteiger partial charge in [0.05, 0.1) is 5.56 Å². The smallest absolute Gasteiger partial charge is 0.255 e. The predicted molar refractivity (Wildman–Crippen MR) is 73.4 cm³/mol. The molecule has 0 saturated carbocycles. The largest absolute Gasteiger partial charge is 0.340 e. The van der Waals surface area contributed by atoms with E-state index in [0.29, 0.717) is 4.47 Å². The van der Waals surface area contributed by atoms with Crippen molar-refractivity contribution in [3.05, 3.63) is 22.3 Å². The summed E-state index contributed by atoms with van der Waals surface area (Å²) in [6, 6.07) is 0.786. The molecular weight excluding hydrogens is 330 g/mol. The SMILES string of the molecule is NNc1ncc(Br)cc1C(=O)NC1CCC(=O)NC1=O. The Morgan fingerprint density at radius 2 is 2.25 bits per heavy atom. The van der Waals surface area contributed by atoms with Crippen LogP contribution < -0.4 is 21.9 Å². The van der Waals surface area contributed by atoms with Crippen molar-refractivity contribution in [3.8, 4) is 0 Å². The number of amides is 3. The summed E-state index contributed by atoms with van der Waals surface area (Å²) < 4.78 is 0.602. The van der Waals surface area contributed by atoms with Crippen LogP contribution >= 0.6 is 15.9 Å². The molecule has 8 nitrogen and oxygen atoms in total. The minimum absolute atomic E-state index is 0.190. The lowest BCUT2D eigenvalue weighted by Gasteiger charge is -2.22. The van der Waals surface area contributed by atoms with Crippen LogP contribution in [0.15, 0.2) is 16.7 Å². The highest BCUT2D eigenvalue weighted by molar-refractivity contribution is 9.10. The van der Waals surface area contributed by atoms with E-state index in [9.17, 15) is 14.4 Å². The van der Waals surface area contributed by atoms with Crippen molar-refractivity contribution in [2.75, 3.05) is 5.43 Å². The van der Waals surface area contributed by atoms with Crippen LogP contribution in [0.25, 0.3) is 0 Å². The maximum absolute atomic E-state index is 12.1. The van der Waals surface area contributed by atoms with E-state index < -0.39 is 17.9 Å². The fourth-order valence-corrected chi connectivity index (χ4v) is 2.13. The van der Waals surface area contributed by atoms with Gasteiger partial charge < -0.3 is 10.7 Å². The molecule has 3 amide bonds. The first-order chi connectivity index (χ1) is 9.51. The van der Waals surface area contributed by atoms with Crippen LogP contribution in [0, 0.1) is 0 Å². The monoisotopic (exact) mass is 341 g/mol. The molecule has 0 spiro atoms. The molecule has 0 aliphatic carbocycles. The van der Waals surface area contributed by atoms with Gasteiger partial charge in [-0.2, -0.15) is 0 Å². The zero-order valence-corrected chi connectivity index (χ0v) is 11.9. The van der Waals surface area contributed by atoms with E-state index in [1.54, 1.807) is 0 Å². The van der Waals surface area contributed by atoms with Gasteiger partial charge in [-0.1, -0.05) is 0 Å². The van der Waals surface area contributed by atoms with E-state index in [-0.39, 0.29) is 30.1 Å². The summed E-state index contributed by atoms with van der Waals surface area (Å²) in [6.45, 7) is 0. The van der Waals surface area contributed by atoms with Crippen molar-refractivity contribution in [2.24, 2.45) is 5.84 Å². The Morgan fingerprint density at radius 1 is 1.50 bits per heavy atom. The molecule has 0 bridgehead atoms. The second-order valence-electron chi connectivity index (χ2n) is 4.17. The Morgan fingerprint density at radius 3 is 2.90 bits per heavy atom. The van der Waals surface area contributed by atoms with E-state index in [4.69, 9.17) is 5.84 Å². The van der Waals surface area contributed by atoms with Gasteiger partial charge in [-0.05, 0) is 28.4 Å². The van der Waals surface area contributed by atoms with E-state index in [0.717, 1.165) is 0 Å². The lowest BCUT2D eigenvalue weighted by Crippen LogP contribution is -2.52. The van der Waals surface area contributed by atoms with Crippen LogP contribution in [-0.2, 0) is 9.59 Å². The van der Waals surface area contributed by atoms with E-state index in [1.807, 2.05) is 0 Å². The van der Waals surface area contributed by atoms with Crippen molar-refractivity contribution in [1.29, 1.82) is 0 Å². The molecule has 1 aromatic heterocycles. The average Bonchev–Trinajstić information content (AvgIpc) is 2.41. The number of halogens is 1. The van der Waals surface area contributed by atoms with Gasteiger partial charge in [-0.15, -0.1) is 0 Å². The third-order valence-electron chi connectivity index (χ3n) is 2.78. The highest BCUT2D eigenvalue weighted by Crippen LogP contribution is 2.17. The van der Waals surface area contributed by atoms with Crippen LogP contribution in [-0.4, -0.2) is 28.7 Å². The van der Waals surface area contributed by atoms with E-state index in [1.165, 1.54) is 12.3 Å². The molecule has 1 aliphatic rings. The molecule has 2 heterocycles. The summed E-state index contributed by atoms with van der Waals surface area (Å²) in [5.41, 5.74) is 2.51. The topological polar surface area (TPSA) is 126 Å². The first-order valence-corrected chi connectivity index (χ1v) is 6.57. The molecule has 5 N–H and O–H groups in total. The van der Waals surface area contributed by atoms with Gasteiger partial charge in [0.25, 0.3) is 5.91 Å². The number of carbonyl (C=O) groups excluding carboxylic acids is 3. The van der Waals surface area contributed by atoms with Crippen LogP contribution in [0.2, 0.25) is 0 Å². The third kappa shape index (κ3) is 3.11. The summed E-state index contributed by atoms with van der Waals surface area (Å²) in [7, 11) is 0. The van der Waals surface area contributed by atoms with Gasteiger partial charge in [0, 0.05) is 17.1 Å². The molecule has 1 unspecified atom stereocenters. The normalized spacial score (nSPS) is 18.4. The third-order valence-corrected chi connectivity index (χ3v) is 3.21. The summed E-state index contributed by atoms with van der Waals surface area (Å²) in [4.78, 5) is 38.7. The van der Waals surface area contributed by atoms with Gasteiger partial charge in [0.2, 0.25) is 11.8 Å². The zero-order chi connectivity index (χ0) is 14.7. The second-order valence-corrected chi connectivity index (χ2v) is 5.09. The first-order valence-electron chi connectivity index (χ1n) is 5.78. The molecule has 1 atom stereocenters. The number of pyridine rings is 1. The number of imide groups is 1. The van der Waals surface area contributed by atoms with E-state index in [2.05, 4.69) is 37.0 Å². The van der Waals surface area contributed by atoms with Gasteiger partial charge in [-0.3, -0.25) is 19.7 Å². The average molecular weight is 342 g/mol.